The van der Waals surface area contributed by atoms with E-state index in [1.807, 2.05) is 16.5 Å². The smallest absolute Gasteiger partial charge is 0.378 e. The fraction of sp³-hybridized carbons (Fsp3) is 0.471. The summed E-state index contributed by atoms with van der Waals surface area (Å²) in [5.74, 6) is 0. The number of imidazole rings is 1. The molecule has 0 aliphatic carbocycles. The highest BCUT2D eigenvalue weighted by molar-refractivity contribution is 5.52. The summed E-state index contributed by atoms with van der Waals surface area (Å²) in [5.41, 5.74) is 1.16. The molecule has 0 bridgehead atoms. The molecule has 1 aliphatic heterocycles. The van der Waals surface area contributed by atoms with Gasteiger partial charge < -0.3 is 19.5 Å². The molecule has 0 radical (unpaired) electrons. The summed E-state index contributed by atoms with van der Waals surface area (Å²) in [6.07, 6.45) is -1.03. The summed E-state index contributed by atoms with van der Waals surface area (Å²) in [5, 5.41) is 3.06. The fourth-order valence-corrected chi connectivity index (χ4v) is 2.88. The Bertz CT molecular complexity index is 708. The van der Waals surface area contributed by atoms with Crippen LogP contribution in [0.3, 0.4) is 0 Å². The average Bonchev–Trinajstić information content (AvgIpc) is 3.00. The van der Waals surface area contributed by atoms with Crippen molar-refractivity contribution in [1.82, 2.24) is 14.9 Å². The SMILES string of the molecule is Cn1cncc1CNCc1ccc(N2CCOCC2)cc1C(F)(F)F. The Labute approximate surface area is 144 Å². The molecule has 3 rings (SSSR count). The number of ether oxygens (including phenoxy) is 1. The predicted octanol–water partition coefficient (Wildman–Crippen LogP) is 2.57. The maximum absolute atomic E-state index is 13.5. The number of anilines is 1. The Morgan fingerprint density at radius 1 is 1.20 bits per heavy atom. The second kappa shape index (κ2) is 7.45. The molecule has 5 nitrogen and oxygen atoms in total. The number of aryl methyl sites for hydroxylation is 1. The lowest BCUT2D eigenvalue weighted by molar-refractivity contribution is -0.138. The van der Waals surface area contributed by atoms with E-state index in [-0.39, 0.29) is 12.1 Å². The fourth-order valence-electron chi connectivity index (χ4n) is 2.88. The van der Waals surface area contributed by atoms with Crippen molar-refractivity contribution in [2.45, 2.75) is 19.3 Å². The minimum absolute atomic E-state index is 0.142. The number of benzene rings is 1. The van der Waals surface area contributed by atoms with Gasteiger partial charge >= 0.3 is 6.18 Å². The maximum Gasteiger partial charge on any atom is 0.416 e. The summed E-state index contributed by atoms with van der Waals surface area (Å²) in [4.78, 5) is 5.92. The van der Waals surface area contributed by atoms with Gasteiger partial charge in [-0.15, -0.1) is 0 Å². The standard InChI is InChI=1S/C17H21F3N4O/c1-23-12-22-11-15(23)10-21-9-13-2-3-14(8-16(13)17(18,19)20)24-4-6-25-7-5-24/h2-3,8,11-12,21H,4-7,9-10H2,1H3. The van der Waals surface area contributed by atoms with Crippen LogP contribution in [0.5, 0.6) is 0 Å². The lowest BCUT2D eigenvalue weighted by atomic mass is 10.0. The third-order valence-electron chi connectivity index (χ3n) is 4.31. The van der Waals surface area contributed by atoms with Crippen LogP contribution in [0.25, 0.3) is 0 Å². The lowest BCUT2D eigenvalue weighted by Crippen LogP contribution is -2.36. The molecule has 2 heterocycles. The number of morpholine rings is 1. The van der Waals surface area contributed by atoms with Crippen LogP contribution in [0.2, 0.25) is 0 Å². The van der Waals surface area contributed by atoms with Gasteiger partial charge in [0.1, 0.15) is 0 Å². The van der Waals surface area contributed by atoms with Crippen molar-refractivity contribution in [2.75, 3.05) is 31.2 Å². The van der Waals surface area contributed by atoms with Gasteiger partial charge in [0.05, 0.1) is 30.8 Å². The number of nitrogens with one attached hydrogen (secondary N) is 1. The van der Waals surface area contributed by atoms with Crippen molar-refractivity contribution in [3.8, 4) is 0 Å². The van der Waals surface area contributed by atoms with Gasteiger partial charge in [0.2, 0.25) is 0 Å². The first-order valence-corrected chi connectivity index (χ1v) is 8.14. The van der Waals surface area contributed by atoms with Crippen molar-refractivity contribution in [3.05, 3.63) is 47.5 Å². The largest absolute Gasteiger partial charge is 0.416 e. The minimum Gasteiger partial charge on any atom is -0.378 e. The van der Waals surface area contributed by atoms with Crippen molar-refractivity contribution >= 4 is 5.69 Å². The summed E-state index contributed by atoms with van der Waals surface area (Å²) >= 11 is 0. The highest BCUT2D eigenvalue weighted by Crippen LogP contribution is 2.35. The monoisotopic (exact) mass is 354 g/mol. The third-order valence-corrected chi connectivity index (χ3v) is 4.31. The molecular weight excluding hydrogens is 333 g/mol. The van der Waals surface area contributed by atoms with Crippen LogP contribution >= 0.6 is 0 Å². The zero-order valence-electron chi connectivity index (χ0n) is 14.0. The molecule has 0 amide bonds. The van der Waals surface area contributed by atoms with E-state index in [0.717, 1.165) is 5.69 Å². The normalized spacial score (nSPS) is 15.6. The van der Waals surface area contributed by atoms with Gasteiger partial charge in [0.15, 0.2) is 0 Å². The topological polar surface area (TPSA) is 42.3 Å². The summed E-state index contributed by atoms with van der Waals surface area (Å²) in [7, 11) is 1.85. The van der Waals surface area contributed by atoms with Crippen LogP contribution < -0.4 is 10.2 Å². The van der Waals surface area contributed by atoms with E-state index in [9.17, 15) is 13.2 Å². The molecule has 1 aromatic carbocycles. The number of hydrogen-bond donors (Lipinski definition) is 1. The number of alkyl halides is 3. The van der Waals surface area contributed by atoms with Crippen molar-refractivity contribution in [3.63, 3.8) is 0 Å². The number of nitrogens with zero attached hydrogens (tertiary/aromatic N) is 3. The van der Waals surface area contributed by atoms with E-state index in [4.69, 9.17) is 4.74 Å². The van der Waals surface area contributed by atoms with Gasteiger partial charge in [-0.1, -0.05) is 6.07 Å². The number of hydrogen-bond acceptors (Lipinski definition) is 4. The second-order valence-electron chi connectivity index (χ2n) is 6.04. The van der Waals surface area contributed by atoms with Crippen LogP contribution in [0, 0.1) is 0 Å². The molecular formula is C17H21F3N4O. The van der Waals surface area contributed by atoms with E-state index in [1.165, 1.54) is 6.07 Å². The van der Waals surface area contributed by atoms with Gasteiger partial charge in [0.25, 0.3) is 0 Å². The first kappa shape index (κ1) is 17.8. The Kier molecular flexibility index (Phi) is 5.29. The number of aromatic nitrogens is 2. The van der Waals surface area contributed by atoms with E-state index in [0.29, 0.717) is 38.5 Å². The van der Waals surface area contributed by atoms with E-state index in [1.54, 1.807) is 24.7 Å². The maximum atomic E-state index is 13.5. The van der Waals surface area contributed by atoms with Gasteiger partial charge in [-0.3, -0.25) is 0 Å². The first-order chi connectivity index (χ1) is 11.9. The van der Waals surface area contributed by atoms with Gasteiger partial charge in [-0.25, -0.2) is 4.98 Å². The molecule has 136 valence electrons. The van der Waals surface area contributed by atoms with E-state index < -0.39 is 11.7 Å². The van der Waals surface area contributed by atoms with Crippen LogP contribution in [0.4, 0.5) is 18.9 Å². The minimum atomic E-state index is -4.38. The number of rotatable bonds is 5. The zero-order valence-corrected chi connectivity index (χ0v) is 14.0. The average molecular weight is 354 g/mol. The molecule has 1 N–H and O–H groups in total. The molecule has 25 heavy (non-hydrogen) atoms. The van der Waals surface area contributed by atoms with Crippen LogP contribution in [0.1, 0.15) is 16.8 Å². The zero-order chi connectivity index (χ0) is 17.9. The van der Waals surface area contributed by atoms with Gasteiger partial charge in [-0.2, -0.15) is 13.2 Å². The van der Waals surface area contributed by atoms with Crippen LogP contribution in [-0.2, 0) is 31.1 Å². The Morgan fingerprint density at radius 2 is 1.96 bits per heavy atom. The van der Waals surface area contributed by atoms with Gasteiger partial charge in [-0.05, 0) is 17.7 Å². The van der Waals surface area contributed by atoms with E-state index in [2.05, 4.69) is 10.3 Å². The predicted molar refractivity (Wildman–Crippen MR) is 88.2 cm³/mol. The van der Waals surface area contributed by atoms with Crippen LogP contribution in [-0.4, -0.2) is 35.9 Å². The molecule has 2 aromatic rings. The third kappa shape index (κ3) is 4.32. The molecule has 0 atom stereocenters. The lowest BCUT2D eigenvalue weighted by Gasteiger charge is -2.29. The van der Waals surface area contributed by atoms with Crippen molar-refractivity contribution in [1.29, 1.82) is 0 Å². The summed E-state index contributed by atoms with van der Waals surface area (Å²) in [6.45, 7) is 2.89. The molecule has 1 aliphatic rings. The summed E-state index contributed by atoms with van der Waals surface area (Å²) < 4.78 is 47.5. The Morgan fingerprint density at radius 3 is 2.60 bits per heavy atom. The molecule has 0 saturated carbocycles. The molecule has 0 spiro atoms. The molecule has 1 fully saturated rings. The first-order valence-electron chi connectivity index (χ1n) is 8.14. The molecule has 1 aromatic heterocycles. The highest BCUT2D eigenvalue weighted by atomic mass is 19.4. The number of halogens is 3. The second-order valence-corrected chi connectivity index (χ2v) is 6.04. The van der Waals surface area contributed by atoms with E-state index >= 15 is 0 Å². The highest BCUT2D eigenvalue weighted by Gasteiger charge is 2.34. The Balaban J connectivity index is 1.74. The van der Waals surface area contributed by atoms with Crippen molar-refractivity contribution in [2.24, 2.45) is 7.05 Å². The van der Waals surface area contributed by atoms with Crippen LogP contribution in [0.15, 0.2) is 30.7 Å². The quantitative estimate of drug-likeness (QED) is 0.896. The molecule has 8 heteroatoms. The molecule has 0 unspecified atom stereocenters. The van der Waals surface area contributed by atoms with Crippen molar-refractivity contribution < 1.29 is 17.9 Å². The molecule has 1 saturated heterocycles. The van der Waals surface area contributed by atoms with Gasteiger partial charge in [0, 0.05) is 45.1 Å². The Hall–Kier alpha value is -2.06. The summed E-state index contributed by atoms with van der Waals surface area (Å²) in [6, 6.07) is 4.55.